The van der Waals surface area contributed by atoms with Crippen molar-refractivity contribution in [2.24, 2.45) is 0 Å². The second kappa shape index (κ2) is 36.9. The van der Waals surface area contributed by atoms with Gasteiger partial charge in [0, 0.05) is 42.8 Å². The van der Waals surface area contributed by atoms with Gasteiger partial charge in [0.2, 0.25) is 0 Å². The Morgan fingerprint density at radius 3 is 1.30 bits per heavy atom. The zero-order valence-electron chi connectivity index (χ0n) is 34.4. The number of aliphatic hydroxyl groups excluding tert-OH is 3. The SMILES string of the molecule is CCCCCCCCCCCCCCCCOCC(COC1OC(CS(=O)(=O)O)C(O)C(O)C1O)OCCCCCCCCCCCCCCCC.[Na]. The molecule has 53 heavy (non-hydrogen) atoms. The van der Waals surface area contributed by atoms with E-state index in [1.54, 1.807) is 0 Å². The third-order valence-corrected chi connectivity index (χ3v) is 11.0. The van der Waals surface area contributed by atoms with Gasteiger partial charge in [-0.2, -0.15) is 8.42 Å². The van der Waals surface area contributed by atoms with E-state index < -0.39 is 52.7 Å². The van der Waals surface area contributed by atoms with Crippen molar-refractivity contribution in [1.29, 1.82) is 0 Å². The fraction of sp³-hybridized carbons (Fsp3) is 1.00. The van der Waals surface area contributed by atoms with Gasteiger partial charge in [0.1, 0.15) is 36.3 Å². The molecule has 1 heterocycles. The second-order valence-electron chi connectivity index (χ2n) is 15.4. The minimum absolute atomic E-state index is 0. The molecule has 1 fully saturated rings. The molecule has 0 aromatic rings. The van der Waals surface area contributed by atoms with Gasteiger partial charge in [-0.1, -0.05) is 181 Å². The largest absolute Gasteiger partial charge is 0.388 e. The maximum Gasteiger partial charge on any atom is 0.267 e. The zero-order valence-corrected chi connectivity index (χ0v) is 37.3. The molecule has 6 atom stereocenters. The summed E-state index contributed by atoms with van der Waals surface area (Å²) >= 11 is 0. The van der Waals surface area contributed by atoms with Crippen molar-refractivity contribution < 1.29 is 47.2 Å². The summed E-state index contributed by atoms with van der Waals surface area (Å²) in [4.78, 5) is 0. The van der Waals surface area contributed by atoms with Gasteiger partial charge in [0.15, 0.2) is 6.29 Å². The van der Waals surface area contributed by atoms with Crippen LogP contribution in [-0.4, -0.2) is 127 Å². The Morgan fingerprint density at radius 1 is 0.528 bits per heavy atom. The van der Waals surface area contributed by atoms with E-state index in [1.807, 2.05) is 0 Å². The third kappa shape index (κ3) is 31.3. The summed E-state index contributed by atoms with van der Waals surface area (Å²) in [5.74, 6) is -0.931. The topological polar surface area (TPSA) is 152 Å². The summed E-state index contributed by atoms with van der Waals surface area (Å²) < 4.78 is 55.3. The molecule has 0 saturated carbocycles. The molecule has 0 spiro atoms. The smallest absolute Gasteiger partial charge is 0.267 e. The molecular weight excluding hydrogens is 707 g/mol. The molecule has 0 aromatic heterocycles. The molecule has 1 saturated heterocycles. The van der Waals surface area contributed by atoms with Crippen LogP contribution in [-0.2, 0) is 29.1 Å². The molecule has 1 radical (unpaired) electrons. The van der Waals surface area contributed by atoms with Crippen LogP contribution in [0.15, 0.2) is 0 Å². The Labute approximate surface area is 347 Å². The van der Waals surface area contributed by atoms with Crippen molar-refractivity contribution in [3.05, 3.63) is 0 Å². The molecule has 1 aliphatic rings. The molecule has 313 valence electrons. The first-order valence-electron chi connectivity index (χ1n) is 21.6. The Hall–Kier alpha value is 0.630. The van der Waals surface area contributed by atoms with Gasteiger partial charge in [-0.25, -0.2) is 0 Å². The van der Waals surface area contributed by atoms with E-state index in [4.69, 9.17) is 18.9 Å². The van der Waals surface area contributed by atoms with Crippen LogP contribution in [0.2, 0.25) is 0 Å². The Bertz CT molecular complexity index is 883. The van der Waals surface area contributed by atoms with Crippen LogP contribution in [0.25, 0.3) is 0 Å². The summed E-state index contributed by atoms with van der Waals surface area (Å²) in [6, 6.07) is 0. The van der Waals surface area contributed by atoms with Crippen molar-refractivity contribution >= 4 is 39.7 Å². The molecular formula is C41H82NaO10S. The van der Waals surface area contributed by atoms with Crippen molar-refractivity contribution in [3.8, 4) is 0 Å². The first-order chi connectivity index (χ1) is 25.2. The minimum Gasteiger partial charge on any atom is -0.388 e. The van der Waals surface area contributed by atoms with E-state index in [0.29, 0.717) is 19.8 Å². The van der Waals surface area contributed by atoms with Crippen molar-refractivity contribution in [1.82, 2.24) is 0 Å². The number of unbranched alkanes of at least 4 members (excludes halogenated alkanes) is 26. The monoisotopic (exact) mass is 790 g/mol. The van der Waals surface area contributed by atoms with Gasteiger partial charge in [0.05, 0.1) is 13.2 Å². The molecule has 6 unspecified atom stereocenters. The van der Waals surface area contributed by atoms with E-state index in [0.717, 1.165) is 25.7 Å². The Morgan fingerprint density at radius 2 is 0.906 bits per heavy atom. The van der Waals surface area contributed by atoms with E-state index >= 15 is 0 Å². The third-order valence-electron chi connectivity index (χ3n) is 10.3. The van der Waals surface area contributed by atoms with Gasteiger partial charge in [-0.3, -0.25) is 4.55 Å². The molecule has 0 bridgehead atoms. The average Bonchev–Trinajstić information content (AvgIpc) is 3.11. The van der Waals surface area contributed by atoms with Gasteiger partial charge in [-0.15, -0.1) is 0 Å². The summed E-state index contributed by atoms with van der Waals surface area (Å²) in [5.41, 5.74) is 0. The molecule has 0 amide bonds. The number of hydrogen-bond acceptors (Lipinski definition) is 9. The van der Waals surface area contributed by atoms with Crippen LogP contribution >= 0.6 is 0 Å². The molecule has 1 rings (SSSR count). The van der Waals surface area contributed by atoms with Crippen LogP contribution in [0.4, 0.5) is 0 Å². The van der Waals surface area contributed by atoms with Crippen LogP contribution in [0.3, 0.4) is 0 Å². The van der Waals surface area contributed by atoms with Crippen molar-refractivity contribution in [2.45, 2.75) is 230 Å². The maximum absolute atomic E-state index is 11.4. The van der Waals surface area contributed by atoms with Crippen molar-refractivity contribution in [2.75, 3.05) is 32.2 Å². The van der Waals surface area contributed by atoms with E-state index in [2.05, 4.69) is 13.8 Å². The zero-order chi connectivity index (χ0) is 38.1. The van der Waals surface area contributed by atoms with Crippen LogP contribution in [0, 0.1) is 0 Å². The van der Waals surface area contributed by atoms with Gasteiger partial charge in [-0.05, 0) is 12.8 Å². The van der Waals surface area contributed by atoms with E-state index in [1.165, 1.54) is 154 Å². The predicted octanol–water partition coefficient (Wildman–Crippen LogP) is 8.68. The Balaban J connectivity index is 0.0000270. The van der Waals surface area contributed by atoms with E-state index in [-0.39, 0.29) is 36.2 Å². The summed E-state index contributed by atoms with van der Waals surface area (Å²) in [7, 11) is -4.50. The standard InChI is InChI=1S/C41H82O10S.Na/c1-3-5-7-9-11-13-15-17-19-21-23-25-27-29-31-48-33-36(34-50-41-40(44)39(43)38(42)37(51-41)35-52(45,46)47)49-32-30-28-26-24-22-20-18-16-14-12-10-8-6-4-2;/h36-44H,3-35H2,1-2H3,(H,45,46,47);. The van der Waals surface area contributed by atoms with Crippen LogP contribution in [0.1, 0.15) is 194 Å². The summed E-state index contributed by atoms with van der Waals surface area (Å²) in [6.45, 7) is 5.95. The van der Waals surface area contributed by atoms with Gasteiger partial charge in [0.25, 0.3) is 10.1 Å². The average molecular weight is 790 g/mol. The normalized spacial score (nSPS) is 21.1. The first kappa shape index (κ1) is 53.6. The molecule has 12 heteroatoms. The predicted molar refractivity (Wildman–Crippen MR) is 216 cm³/mol. The van der Waals surface area contributed by atoms with Gasteiger partial charge < -0.3 is 34.3 Å². The van der Waals surface area contributed by atoms with Crippen molar-refractivity contribution in [3.63, 3.8) is 0 Å². The summed E-state index contributed by atoms with van der Waals surface area (Å²) in [6.07, 6.45) is 27.7. The quantitative estimate of drug-likeness (QED) is 0.0272. The Kier molecular flexibility index (Phi) is 37.4. The molecule has 0 aliphatic carbocycles. The number of ether oxygens (including phenoxy) is 4. The fourth-order valence-corrected chi connectivity index (χ4v) is 7.60. The first-order valence-corrected chi connectivity index (χ1v) is 23.3. The van der Waals surface area contributed by atoms with Crippen LogP contribution in [0.5, 0.6) is 0 Å². The minimum atomic E-state index is -4.50. The van der Waals surface area contributed by atoms with Crippen LogP contribution < -0.4 is 0 Å². The summed E-state index contributed by atoms with van der Waals surface area (Å²) in [5, 5.41) is 30.9. The molecule has 0 aromatic carbocycles. The maximum atomic E-state index is 11.4. The van der Waals surface area contributed by atoms with E-state index in [9.17, 15) is 28.3 Å². The molecule has 10 nitrogen and oxygen atoms in total. The van der Waals surface area contributed by atoms with Gasteiger partial charge >= 0.3 is 0 Å². The number of hydrogen-bond donors (Lipinski definition) is 4. The number of rotatable bonds is 38. The molecule has 1 aliphatic heterocycles. The molecule has 4 N–H and O–H groups in total. The second-order valence-corrected chi connectivity index (χ2v) is 16.9. The number of aliphatic hydroxyl groups is 3. The fourth-order valence-electron chi connectivity index (χ4n) is 6.91.